The van der Waals surface area contributed by atoms with E-state index in [4.69, 9.17) is 9.47 Å². The largest absolute Gasteiger partial charge is 0.493 e. The van der Waals surface area contributed by atoms with Crippen molar-refractivity contribution in [2.75, 3.05) is 30.3 Å². The predicted octanol–water partition coefficient (Wildman–Crippen LogP) is 3.78. The third-order valence-electron chi connectivity index (χ3n) is 4.56. The number of carbonyl (C=O) groups is 1. The first-order valence-electron chi connectivity index (χ1n) is 10.9. The van der Waals surface area contributed by atoms with Crippen LogP contribution >= 0.6 is 0 Å². The normalized spacial score (nSPS) is 11.3. The number of benzene rings is 2. The highest BCUT2D eigenvalue weighted by Gasteiger charge is 2.20. The summed E-state index contributed by atoms with van der Waals surface area (Å²) in [6.45, 7) is 6.72. The average molecular weight is 463 g/mol. The smallest absolute Gasteiger partial charge is 0.240 e. The summed E-state index contributed by atoms with van der Waals surface area (Å²) in [7, 11) is -3.62. The molecule has 2 aromatic carbocycles. The molecular formula is C24H34N2O5S. The number of rotatable bonds is 13. The average Bonchev–Trinajstić information content (AvgIpc) is 2.74. The maximum atomic E-state index is 12.4. The first-order chi connectivity index (χ1) is 15.2. The molecule has 176 valence electrons. The van der Waals surface area contributed by atoms with Crippen molar-refractivity contribution in [2.24, 2.45) is 0 Å². The Morgan fingerprint density at radius 2 is 1.78 bits per heavy atom. The molecule has 2 aromatic rings. The molecule has 0 radical (unpaired) electrons. The van der Waals surface area contributed by atoms with Gasteiger partial charge in [0, 0.05) is 6.54 Å². The van der Waals surface area contributed by atoms with Crippen molar-refractivity contribution in [1.29, 1.82) is 0 Å². The zero-order valence-electron chi connectivity index (χ0n) is 19.3. The fourth-order valence-corrected chi connectivity index (χ4v) is 3.98. The lowest BCUT2D eigenvalue weighted by atomic mass is 10.1. The Hall–Kier alpha value is -2.74. The lowest BCUT2D eigenvalue weighted by Gasteiger charge is -2.22. The van der Waals surface area contributed by atoms with Crippen LogP contribution in [-0.4, -0.2) is 46.4 Å². The molecule has 0 aliphatic heterocycles. The summed E-state index contributed by atoms with van der Waals surface area (Å²) < 4.78 is 37.0. The molecule has 0 aliphatic carbocycles. The Labute approximate surface area is 191 Å². The third kappa shape index (κ3) is 8.42. The van der Waals surface area contributed by atoms with Gasteiger partial charge in [-0.1, -0.05) is 25.1 Å². The van der Waals surface area contributed by atoms with Crippen LogP contribution in [0, 0.1) is 0 Å². The summed E-state index contributed by atoms with van der Waals surface area (Å²) in [5, 5.41) is 2.81. The van der Waals surface area contributed by atoms with E-state index >= 15 is 0 Å². The summed E-state index contributed by atoms with van der Waals surface area (Å²) in [5.74, 6) is 1.16. The third-order valence-corrected chi connectivity index (χ3v) is 5.70. The maximum Gasteiger partial charge on any atom is 0.240 e. The van der Waals surface area contributed by atoms with E-state index in [1.807, 2.05) is 38.1 Å². The molecule has 0 heterocycles. The minimum Gasteiger partial charge on any atom is -0.493 e. The van der Waals surface area contributed by atoms with Crippen molar-refractivity contribution < 1.29 is 22.7 Å². The van der Waals surface area contributed by atoms with E-state index in [0.717, 1.165) is 41.1 Å². The van der Waals surface area contributed by atoms with Crippen LogP contribution in [0.4, 0.5) is 5.69 Å². The molecule has 1 N–H and O–H groups in total. The molecule has 0 aromatic heterocycles. The monoisotopic (exact) mass is 462 g/mol. The van der Waals surface area contributed by atoms with Gasteiger partial charge < -0.3 is 14.8 Å². The van der Waals surface area contributed by atoms with Crippen molar-refractivity contribution in [2.45, 2.75) is 46.1 Å². The van der Waals surface area contributed by atoms with E-state index in [2.05, 4.69) is 12.2 Å². The SMILES string of the molecule is CCCOc1ccccc1CCCNC(=O)CN(c1ccc(OC(C)C)cc1)S(C)(=O)=O. The van der Waals surface area contributed by atoms with Gasteiger partial charge in [0.25, 0.3) is 0 Å². The van der Waals surface area contributed by atoms with Gasteiger partial charge in [-0.15, -0.1) is 0 Å². The van der Waals surface area contributed by atoms with Crippen LogP contribution in [0.5, 0.6) is 11.5 Å². The molecule has 0 atom stereocenters. The van der Waals surface area contributed by atoms with E-state index in [1.165, 1.54) is 0 Å². The lowest BCUT2D eigenvalue weighted by Crippen LogP contribution is -2.40. The van der Waals surface area contributed by atoms with Gasteiger partial charge in [0.2, 0.25) is 15.9 Å². The Bertz CT molecular complexity index is 959. The topological polar surface area (TPSA) is 84.9 Å². The summed E-state index contributed by atoms with van der Waals surface area (Å²) >= 11 is 0. The molecule has 7 nitrogen and oxygen atoms in total. The van der Waals surface area contributed by atoms with E-state index in [-0.39, 0.29) is 18.6 Å². The minimum atomic E-state index is -3.62. The number of hydrogen-bond donors (Lipinski definition) is 1. The quantitative estimate of drug-likeness (QED) is 0.458. The van der Waals surface area contributed by atoms with Crippen LogP contribution in [0.2, 0.25) is 0 Å². The number of carbonyl (C=O) groups excluding carboxylic acids is 1. The van der Waals surface area contributed by atoms with Crippen molar-refractivity contribution >= 4 is 21.6 Å². The van der Waals surface area contributed by atoms with Gasteiger partial charge in [-0.25, -0.2) is 8.42 Å². The summed E-state index contributed by atoms with van der Waals surface area (Å²) in [6, 6.07) is 14.5. The molecule has 0 unspecified atom stereocenters. The van der Waals surface area contributed by atoms with Crippen LogP contribution in [-0.2, 0) is 21.2 Å². The number of aryl methyl sites for hydroxylation is 1. The number of hydrogen-bond acceptors (Lipinski definition) is 5. The molecule has 0 spiro atoms. The second kappa shape index (κ2) is 12.3. The van der Waals surface area contributed by atoms with Gasteiger partial charge in [-0.2, -0.15) is 0 Å². The summed E-state index contributed by atoms with van der Waals surface area (Å²) in [5.41, 5.74) is 1.51. The van der Waals surface area contributed by atoms with Crippen LogP contribution < -0.4 is 19.1 Å². The van der Waals surface area contributed by atoms with Gasteiger partial charge in [0.1, 0.15) is 18.0 Å². The van der Waals surface area contributed by atoms with Crippen molar-refractivity contribution in [1.82, 2.24) is 5.32 Å². The maximum absolute atomic E-state index is 12.4. The van der Waals surface area contributed by atoms with Crippen LogP contribution in [0.25, 0.3) is 0 Å². The highest BCUT2D eigenvalue weighted by molar-refractivity contribution is 7.92. The van der Waals surface area contributed by atoms with Gasteiger partial charge >= 0.3 is 0 Å². The van der Waals surface area contributed by atoms with Crippen molar-refractivity contribution in [3.05, 3.63) is 54.1 Å². The molecule has 0 saturated carbocycles. The first-order valence-corrected chi connectivity index (χ1v) is 12.8. The van der Waals surface area contributed by atoms with E-state index in [1.54, 1.807) is 24.3 Å². The standard InChI is InChI=1S/C24H34N2O5S/c1-5-17-30-23-11-7-6-9-20(23)10-8-16-25-24(27)18-26(32(4,28)29)21-12-14-22(15-13-21)31-19(2)3/h6-7,9,11-15,19H,5,8,10,16-18H2,1-4H3,(H,25,27). The molecule has 0 bridgehead atoms. The van der Waals surface area contributed by atoms with Crippen LogP contribution in [0.15, 0.2) is 48.5 Å². The fourth-order valence-electron chi connectivity index (χ4n) is 3.12. The number of nitrogens with zero attached hydrogens (tertiary/aromatic N) is 1. The Balaban J connectivity index is 1.90. The Kier molecular flexibility index (Phi) is 9.84. The van der Waals surface area contributed by atoms with E-state index in [0.29, 0.717) is 24.6 Å². The predicted molar refractivity (Wildman–Crippen MR) is 128 cm³/mol. The first kappa shape index (κ1) is 25.5. The van der Waals surface area contributed by atoms with Crippen LogP contribution in [0.3, 0.4) is 0 Å². The number of para-hydroxylation sites is 1. The van der Waals surface area contributed by atoms with Gasteiger partial charge in [0.05, 0.1) is 24.7 Å². The van der Waals surface area contributed by atoms with Crippen molar-refractivity contribution in [3.8, 4) is 11.5 Å². The number of nitrogens with one attached hydrogen (secondary N) is 1. The second-order valence-electron chi connectivity index (χ2n) is 7.84. The Morgan fingerprint density at radius 3 is 2.41 bits per heavy atom. The van der Waals surface area contributed by atoms with Crippen molar-refractivity contribution in [3.63, 3.8) is 0 Å². The number of ether oxygens (including phenoxy) is 2. The molecule has 0 aliphatic rings. The molecular weight excluding hydrogens is 428 g/mol. The molecule has 8 heteroatoms. The fraction of sp³-hybridized carbons (Fsp3) is 0.458. The second-order valence-corrected chi connectivity index (χ2v) is 9.75. The molecule has 2 rings (SSSR count). The zero-order chi connectivity index (χ0) is 23.6. The summed E-state index contributed by atoms with van der Waals surface area (Å²) in [4.78, 5) is 12.4. The highest BCUT2D eigenvalue weighted by atomic mass is 32.2. The molecule has 0 saturated heterocycles. The highest BCUT2D eigenvalue weighted by Crippen LogP contribution is 2.22. The zero-order valence-corrected chi connectivity index (χ0v) is 20.2. The number of anilines is 1. The molecule has 0 fully saturated rings. The number of amides is 1. The summed E-state index contributed by atoms with van der Waals surface area (Å²) in [6.07, 6.45) is 3.52. The lowest BCUT2D eigenvalue weighted by molar-refractivity contribution is -0.119. The number of sulfonamides is 1. The van der Waals surface area contributed by atoms with Gasteiger partial charge in [-0.05, 0) is 69.0 Å². The Morgan fingerprint density at radius 1 is 1.09 bits per heavy atom. The minimum absolute atomic E-state index is 0.0165. The van der Waals surface area contributed by atoms with Gasteiger partial charge in [0.15, 0.2) is 0 Å². The van der Waals surface area contributed by atoms with E-state index in [9.17, 15) is 13.2 Å². The molecule has 32 heavy (non-hydrogen) atoms. The van der Waals surface area contributed by atoms with Crippen LogP contribution in [0.1, 0.15) is 39.2 Å². The van der Waals surface area contributed by atoms with E-state index < -0.39 is 10.0 Å². The van der Waals surface area contributed by atoms with Gasteiger partial charge in [-0.3, -0.25) is 9.10 Å². The molecule has 1 amide bonds.